The molecule has 0 aromatic rings. The van der Waals surface area contributed by atoms with Crippen LogP contribution in [-0.4, -0.2) is 47.7 Å². The second kappa shape index (κ2) is 3.10. The topological polar surface area (TPSA) is 66.8 Å². The molecule has 0 unspecified atom stereocenters. The van der Waals surface area contributed by atoms with Gasteiger partial charge < -0.3 is 14.7 Å². The minimum atomic E-state index is -1.10. The number of hydrogen-bond donors (Lipinski definition) is 1. The Morgan fingerprint density at radius 1 is 1.75 bits per heavy atom. The molecule has 1 aliphatic heterocycles. The van der Waals surface area contributed by atoms with E-state index in [9.17, 15) is 9.59 Å². The monoisotopic (exact) mass is 173 g/mol. The van der Waals surface area contributed by atoms with Crippen molar-refractivity contribution in [2.75, 3.05) is 19.8 Å². The van der Waals surface area contributed by atoms with Gasteiger partial charge in [0.05, 0.1) is 13.2 Å². The lowest BCUT2D eigenvalue weighted by atomic mass is 9.96. The second-order valence-corrected chi connectivity index (χ2v) is 2.72. The predicted molar refractivity (Wildman–Crippen MR) is 39.6 cm³/mol. The van der Waals surface area contributed by atoms with Crippen LogP contribution in [0.25, 0.3) is 0 Å². The van der Waals surface area contributed by atoms with Crippen molar-refractivity contribution >= 4 is 12.4 Å². The Balaban J connectivity index is 2.77. The summed E-state index contributed by atoms with van der Waals surface area (Å²) in [5.74, 6) is -0.997. The quantitative estimate of drug-likeness (QED) is 0.572. The summed E-state index contributed by atoms with van der Waals surface area (Å²) in [6.07, 6.45) is 0.552. The van der Waals surface area contributed by atoms with Gasteiger partial charge in [0.15, 0.2) is 5.54 Å². The number of aliphatic carboxylic acids is 1. The van der Waals surface area contributed by atoms with Crippen molar-refractivity contribution in [2.45, 2.75) is 12.5 Å². The van der Waals surface area contributed by atoms with E-state index in [-0.39, 0.29) is 13.2 Å². The van der Waals surface area contributed by atoms with Crippen LogP contribution in [0.1, 0.15) is 6.92 Å². The van der Waals surface area contributed by atoms with Crippen molar-refractivity contribution in [3.63, 3.8) is 0 Å². The molecule has 5 nitrogen and oxygen atoms in total. The molecule has 0 bridgehead atoms. The van der Waals surface area contributed by atoms with Crippen molar-refractivity contribution < 1.29 is 19.4 Å². The second-order valence-electron chi connectivity index (χ2n) is 2.72. The maximum atomic E-state index is 10.8. The van der Waals surface area contributed by atoms with E-state index < -0.39 is 11.5 Å². The normalized spacial score (nSPS) is 19.4. The van der Waals surface area contributed by atoms with Crippen LogP contribution in [0.5, 0.6) is 0 Å². The number of hydrogen-bond acceptors (Lipinski definition) is 3. The molecule has 12 heavy (non-hydrogen) atoms. The summed E-state index contributed by atoms with van der Waals surface area (Å²) in [5.41, 5.74) is -1.10. The molecule has 1 N–H and O–H groups in total. The highest BCUT2D eigenvalue weighted by atomic mass is 16.5. The number of likely N-dealkylation sites (N-methyl/N-ethyl adjacent to an activating group) is 1. The molecule has 0 radical (unpaired) electrons. The fourth-order valence-electron chi connectivity index (χ4n) is 1.19. The number of nitrogens with zero attached hydrogens (tertiary/aromatic N) is 1. The van der Waals surface area contributed by atoms with Gasteiger partial charge in [-0.1, -0.05) is 0 Å². The Bertz CT molecular complexity index is 200. The third-order valence-electron chi connectivity index (χ3n) is 2.10. The fraction of sp³-hybridized carbons (Fsp3) is 0.714. The first-order valence-electron chi connectivity index (χ1n) is 3.70. The van der Waals surface area contributed by atoms with E-state index in [0.717, 1.165) is 0 Å². The SMILES string of the molecule is CCN(C=O)C1(C(=O)O)COC1. The van der Waals surface area contributed by atoms with Gasteiger partial charge in [-0.3, -0.25) is 4.79 Å². The first kappa shape index (κ1) is 8.99. The van der Waals surface area contributed by atoms with Crippen LogP contribution >= 0.6 is 0 Å². The van der Waals surface area contributed by atoms with Crippen molar-refractivity contribution in [3.05, 3.63) is 0 Å². The van der Waals surface area contributed by atoms with Crippen LogP contribution < -0.4 is 0 Å². The number of carbonyl (C=O) groups is 2. The highest BCUT2D eigenvalue weighted by Crippen LogP contribution is 2.23. The average Bonchev–Trinajstić information content (AvgIpc) is 1.95. The lowest BCUT2D eigenvalue weighted by molar-refractivity contribution is -0.187. The molecular weight excluding hydrogens is 162 g/mol. The number of carboxylic acids is 1. The Labute approximate surface area is 69.9 Å². The zero-order chi connectivity index (χ0) is 9.19. The number of amides is 1. The molecule has 68 valence electrons. The first-order chi connectivity index (χ1) is 5.67. The number of ether oxygens (including phenoxy) is 1. The third-order valence-corrected chi connectivity index (χ3v) is 2.10. The number of carbonyl (C=O) groups excluding carboxylic acids is 1. The molecule has 0 aromatic heterocycles. The molecule has 1 amide bonds. The largest absolute Gasteiger partial charge is 0.479 e. The van der Waals surface area contributed by atoms with Crippen molar-refractivity contribution in [1.82, 2.24) is 4.90 Å². The molecule has 0 aliphatic carbocycles. The molecule has 5 heteroatoms. The maximum absolute atomic E-state index is 10.8. The average molecular weight is 173 g/mol. The molecule has 0 spiro atoms. The van der Waals surface area contributed by atoms with Gasteiger partial charge in [-0.2, -0.15) is 0 Å². The van der Waals surface area contributed by atoms with Crippen LogP contribution in [0.15, 0.2) is 0 Å². The molecule has 1 rings (SSSR count). The van der Waals surface area contributed by atoms with Gasteiger partial charge in [-0.05, 0) is 6.92 Å². The summed E-state index contributed by atoms with van der Waals surface area (Å²) < 4.78 is 4.80. The molecule has 1 heterocycles. The highest BCUT2D eigenvalue weighted by molar-refractivity contribution is 5.83. The predicted octanol–water partition coefficient (Wildman–Crippen LogP) is -0.682. The van der Waals surface area contributed by atoms with Gasteiger partial charge >= 0.3 is 5.97 Å². The lowest BCUT2D eigenvalue weighted by Crippen LogP contribution is -2.66. The summed E-state index contributed by atoms with van der Waals surface area (Å²) in [6.45, 7) is 2.31. The Morgan fingerprint density at radius 3 is 2.42 bits per heavy atom. The van der Waals surface area contributed by atoms with Crippen LogP contribution in [0.3, 0.4) is 0 Å². The zero-order valence-electron chi connectivity index (χ0n) is 6.82. The summed E-state index contributed by atoms with van der Waals surface area (Å²) in [4.78, 5) is 22.5. The van der Waals surface area contributed by atoms with Gasteiger partial charge in [0.1, 0.15) is 0 Å². The molecular formula is C7H11NO4. The fourth-order valence-corrected chi connectivity index (χ4v) is 1.19. The van der Waals surface area contributed by atoms with E-state index >= 15 is 0 Å². The number of carboxylic acid groups (broad SMARTS) is 1. The summed E-state index contributed by atoms with van der Waals surface area (Å²) in [5, 5.41) is 8.84. The lowest BCUT2D eigenvalue weighted by Gasteiger charge is -2.43. The van der Waals surface area contributed by atoms with Crippen molar-refractivity contribution in [3.8, 4) is 0 Å². The molecule has 0 aromatic carbocycles. The summed E-state index contributed by atoms with van der Waals surface area (Å²) >= 11 is 0. The Kier molecular flexibility index (Phi) is 2.32. The van der Waals surface area contributed by atoms with E-state index in [1.54, 1.807) is 6.92 Å². The minimum absolute atomic E-state index is 0.0922. The van der Waals surface area contributed by atoms with Gasteiger partial charge in [-0.25, -0.2) is 4.79 Å². The third kappa shape index (κ3) is 1.06. The van der Waals surface area contributed by atoms with Crippen molar-refractivity contribution in [2.24, 2.45) is 0 Å². The Hall–Kier alpha value is -1.10. The van der Waals surface area contributed by atoms with Crippen LogP contribution in [0.4, 0.5) is 0 Å². The summed E-state index contributed by atoms with van der Waals surface area (Å²) in [6, 6.07) is 0. The zero-order valence-corrected chi connectivity index (χ0v) is 6.82. The maximum Gasteiger partial charge on any atom is 0.334 e. The Morgan fingerprint density at radius 2 is 2.33 bits per heavy atom. The van der Waals surface area contributed by atoms with E-state index in [0.29, 0.717) is 13.0 Å². The smallest absolute Gasteiger partial charge is 0.334 e. The van der Waals surface area contributed by atoms with Gasteiger partial charge in [-0.15, -0.1) is 0 Å². The number of rotatable bonds is 4. The molecule has 1 aliphatic rings. The van der Waals surface area contributed by atoms with Crippen LogP contribution in [-0.2, 0) is 14.3 Å². The van der Waals surface area contributed by atoms with Crippen LogP contribution in [0.2, 0.25) is 0 Å². The highest BCUT2D eigenvalue weighted by Gasteiger charge is 2.50. The standard InChI is InChI=1S/C7H11NO4/c1-2-8(5-9)7(6(10)11)3-12-4-7/h5H,2-4H2,1H3,(H,10,11). The van der Waals surface area contributed by atoms with Gasteiger partial charge in [0.2, 0.25) is 6.41 Å². The van der Waals surface area contributed by atoms with E-state index in [4.69, 9.17) is 9.84 Å². The van der Waals surface area contributed by atoms with Gasteiger partial charge in [0.25, 0.3) is 0 Å². The summed E-state index contributed by atoms with van der Waals surface area (Å²) in [7, 11) is 0. The minimum Gasteiger partial charge on any atom is -0.479 e. The van der Waals surface area contributed by atoms with E-state index in [1.807, 2.05) is 0 Å². The van der Waals surface area contributed by atoms with Crippen molar-refractivity contribution in [1.29, 1.82) is 0 Å². The molecule has 1 saturated heterocycles. The van der Waals surface area contributed by atoms with Gasteiger partial charge in [0, 0.05) is 6.54 Å². The molecule has 0 saturated carbocycles. The molecule has 0 atom stereocenters. The van der Waals surface area contributed by atoms with E-state index in [2.05, 4.69) is 0 Å². The van der Waals surface area contributed by atoms with Crippen LogP contribution in [0, 0.1) is 0 Å². The first-order valence-corrected chi connectivity index (χ1v) is 3.70. The molecule has 1 fully saturated rings. The van der Waals surface area contributed by atoms with E-state index in [1.165, 1.54) is 4.90 Å².